The van der Waals surface area contributed by atoms with Crippen LogP contribution < -0.4 is 5.73 Å². The van der Waals surface area contributed by atoms with Gasteiger partial charge in [0.2, 0.25) is 5.91 Å². The van der Waals surface area contributed by atoms with E-state index in [4.69, 9.17) is 5.73 Å². The molecular formula is C14H27N3O. The zero-order valence-electron chi connectivity index (χ0n) is 11.6. The van der Waals surface area contributed by atoms with E-state index in [9.17, 15) is 4.79 Å². The molecule has 2 N–H and O–H groups in total. The number of hydrogen-bond acceptors (Lipinski definition) is 3. The summed E-state index contributed by atoms with van der Waals surface area (Å²) in [6.07, 6.45) is 7.00. The molecule has 0 aromatic rings. The number of rotatable bonds is 4. The second kappa shape index (κ2) is 6.53. The molecule has 1 saturated heterocycles. The lowest BCUT2D eigenvalue weighted by Gasteiger charge is -2.34. The average molecular weight is 253 g/mol. The molecule has 0 aromatic heterocycles. The second-order valence-electron chi connectivity index (χ2n) is 5.79. The zero-order valence-corrected chi connectivity index (χ0v) is 11.6. The van der Waals surface area contributed by atoms with Crippen LogP contribution in [0.2, 0.25) is 0 Å². The van der Waals surface area contributed by atoms with Crippen molar-refractivity contribution in [2.45, 2.75) is 44.6 Å². The number of nitrogens with two attached hydrogens (primary N) is 1. The van der Waals surface area contributed by atoms with Gasteiger partial charge in [-0.05, 0) is 38.8 Å². The Labute approximate surface area is 110 Å². The van der Waals surface area contributed by atoms with E-state index in [0.29, 0.717) is 11.9 Å². The van der Waals surface area contributed by atoms with Gasteiger partial charge in [-0.2, -0.15) is 0 Å². The van der Waals surface area contributed by atoms with Gasteiger partial charge in [0.15, 0.2) is 0 Å². The van der Waals surface area contributed by atoms with Gasteiger partial charge in [0.1, 0.15) is 0 Å². The summed E-state index contributed by atoms with van der Waals surface area (Å²) in [6.45, 7) is 3.76. The highest BCUT2D eigenvalue weighted by Crippen LogP contribution is 2.26. The molecular weight excluding hydrogens is 226 g/mol. The van der Waals surface area contributed by atoms with Crippen LogP contribution in [0.5, 0.6) is 0 Å². The van der Waals surface area contributed by atoms with Gasteiger partial charge >= 0.3 is 0 Å². The van der Waals surface area contributed by atoms with Crippen molar-refractivity contribution < 1.29 is 4.79 Å². The molecule has 2 rings (SSSR count). The van der Waals surface area contributed by atoms with E-state index >= 15 is 0 Å². The number of carbonyl (C=O) groups excluding carboxylic acids is 1. The number of hydrogen-bond donors (Lipinski definition) is 1. The molecule has 1 heterocycles. The summed E-state index contributed by atoms with van der Waals surface area (Å²) in [4.78, 5) is 16.8. The van der Waals surface area contributed by atoms with E-state index in [1.165, 1.54) is 25.7 Å². The molecule has 1 aliphatic heterocycles. The Morgan fingerprint density at radius 1 is 1.22 bits per heavy atom. The smallest absolute Gasteiger partial charge is 0.225 e. The monoisotopic (exact) mass is 253 g/mol. The predicted octanol–water partition coefficient (Wildman–Crippen LogP) is 1.06. The summed E-state index contributed by atoms with van der Waals surface area (Å²) < 4.78 is 0. The van der Waals surface area contributed by atoms with Crippen molar-refractivity contribution in [1.29, 1.82) is 0 Å². The third-order valence-electron chi connectivity index (χ3n) is 4.60. The Morgan fingerprint density at radius 2 is 1.83 bits per heavy atom. The molecule has 104 valence electrons. The van der Waals surface area contributed by atoms with Crippen molar-refractivity contribution in [3.05, 3.63) is 0 Å². The molecule has 0 radical (unpaired) electrons. The highest BCUT2D eigenvalue weighted by atomic mass is 16.2. The van der Waals surface area contributed by atoms with Crippen molar-refractivity contribution in [3.8, 4) is 0 Å². The van der Waals surface area contributed by atoms with Crippen molar-refractivity contribution >= 4 is 5.91 Å². The molecule has 0 atom stereocenters. The molecule has 18 heavy (non-hydrogen) atoms. The summed E-state index contributed by atoms with van der Waals surface area (Å²) >= 11 is 0. The number of carbonyl (C=O) groups is 1. The largest absolute Gasteiger partial charge is 0.343 e. The average Bonchev–Trinajstić information content (AvgIpc) is 2.92. The maximum absolute atomic E-state index is 12.4. The fraction of sp³-hybridized carbons (Fsp3) is 0.929. The van der Waals surface area contributed by atoms with Gasteiger partial charge in [-0.15, -0.1) is 0 Å². The molecule has 1 aliphatic carbocycles. The molecule has 0 aromatic carbocycles. The van der Waals surface area contributed by atoms with E-state index in [-0.39, 0.29) is 5.92 Å². The van der Waals surface area contributed by atoms with Crippen LogP contribution >= 0.6 is 0 Å². The first-order chi connectivity index (χ1) is 8.72. The normalized spacial score (nSPS) is 23.4. The lowest BCUT2D eigenvalue weighted by Crippen LogP contribution is -2.45. The van der Waals surface area contributed by atoms with Gasteiger partial charge in [0.25, 0.3) is 0 Å². The minimum Gasteiger partial charge on any atom is -0.343 e. The van der Waals surface area contributed by atoms with Crippen molar-refractivity contribution in [1.82, 2.24) is 9.80 Å². The molecule has 0 spiro atoms. The summed E-state index contributed by atoms with van der Waals surface area (Å²) in [7, 11) is 2.00. The summed E-state index contributed by atoms with van der Waals surface area (Å²) in [5, 5.41) is 0. The summed E-state index contributed by atoms with van der Waals surface area (Å²) in [6, 6.07) is 0.513. The molecule has 2 fully saturated rings. The first-order valence-electron chi connectivity index (χ1n) is 7.41. The number of likely N-dealkylation sites (tertiary alicyclic amines) is 1. The van der Waals surface area contributed by atoms with Crippen LogP contribution in [0.4, 0.5) is 0 Å². The molecule has 1 amide bonds. The fourth-order valence-electron chi connectivity index (χ4n) is 3.35. The Balaban J connectivity index is 1.79. The minimum atomic E-state index is 0.254. The molecule has 4 nitrogen and oxygen atoms in total. The molecule has 0 bridgehead atoms. The van der Waals surface area contributed by atoms with Crippen LogP contribution in [0, 0.1) is 5.92 Å². The molecule has 0 unspecified atom stereocenters. The SMILES string of the molecule is CN(C(=O)C1CCN(CCN)CC1)C1CCCC1. The Bertz CT molecular complexity index is 268. The predicted molar refractivity (Wildman–Crippen MR) is 73.2 cm³/mol. The van der Waals surface area contributed by atoms with E-state index in [1.54, 1.807) is 0 Å². The third kappa shape index (κ3) is 3.23. The van der Waals surface area contributed by atoms with Gasteiger partial charge in [-0.3, -0.25) is 4.79 Å². The maximum Gasteiger partial charge on any atom is 0.225 e. The van der Waals surface area contributed by atoms with E-state index in [0.717, 1.165) is 39.0 Å². The Morgan fingerprint density at radius 3 is 2.39 bits per heavy atom. The summed E-state index contributed by atoms with van der Waals surface area (Å²) in [5.41, 5.74) is 5.57. The zero-order chi connectivity index (χ0) is 13.0. The van der Waals surface area contributed by atoms with Gasteiger partial charge < -0.3 is 15.5 Å². The van der Waals surface area contributed by atoms with Crippen LogP contribution in [0.3, 0.4) is 0 Å². The lowest BCUT2D eigenvalue weighted by atomic mass is 9.94. The molecule has 1 saturated carbocycles. The molecule has 2 aliphatic rings. The topological polar surface area (TPSA) is 49.6 Å². The van der Waals surface area contributed by atoms with E-state index in [1.807, 2.05) is 11.9 Å². The number of nitrogens with zero attached hydrogens (tertiary/aromatic N) is 2. The van der Waals surface area contributed by atoms with Crippen LogP contribution in [0.15, 0.2) is 0 Å². The first kappa shape index (κ1) is 13.8. The van der Waals surface area contributed by atoms with Gasteiger partial charge in [-0.1, -0.05) is 12.8 Å². The van der Waals surface area contributed by atoms with Gasteiger partial charge in [0, 0.05) is 32.1 Å². The Hall–Kier alpha value is -0.610. The van der Waals surface area contributed by atoms with Crippen molar-refractivity contribution in [2.75, 3.05) is 33.2 Å². The van der Waals surface area contributed by atoms with Crippen molar-refractivity contribution in [2.24, 2.45) is 11.7 Å². The quantitative estimate of drug-likeness (QED) is 0.815. The van der Waals surface area contributed by atoms with Crippen LogP contribution in [0.25, 0.3) is 0 Å². The minimum absolute atomic E-state index is 0.254. The van der Waals surface area contributed by atoms with Gasteiger partial charge in [0.05, 0.1) is 0 Å². The van der Waals surface area contributed by atoms with Crippen molar-refractivity contribution in [3.63, 3.8) is 0 Å². The highest BCUT2D eigenvalue weighted by molar-refractivity contribution is 5.79. The number of piperidine rings is 1. The van der Waals surface area contributed by atoms with E-state index in [2.05, 4.69) is 4.90 Å². The van der Waals surface area contributed by atoms with Gasteiger partial charge in [-0.25, -0.2) is 0 Å². The molecule has 4 heteroatoms. The van der Waals surface area contributed by atoms with E-state index < -0.39 is 0 Å². The van der Waals surface area contributed by atoms with Crippen LogP contribution in [-0.2, 0) is 4.79 Å². The van der Waals surface area contributed by atoms with Crippen LogP contribution in [-0.4, -0.2) is 55.0 Å². The Kier molecular flexibility index (Phi) is 5.01. The third-order valence-corrected chi connectivity index (χ3v) is 4.60. The standard InChI is InChI=1S/C14H27N3O/c1-16(13-4-2-3-5-13)14(18)12-6-9-17(10-7-12)11-8-15/h12-13H,2-11,15H2,1H3. The first-order valence-corrected chi connectivity index (χ1v) is 7.41. The highest BCUT2D eigenvalue weighted by Gasteiger charge is 2.30. The number of amides is 1. The maximum atomic E-state index is 12.4. The summed E-state index contributed by atoms with van der Waals surface area (Å²) in [5.74, 6) is 0.638. The second-order valence-corrected chi connectivity index (χ2v) is 5.79. The lowest BCUT2D eigenvalue weighted by molar-refractivity contribution is -0.137. The fourth-order valence-corrected chi connectivity index (χ4v) is 3.35. The van der Waals surface area contributed by atoms with Crippen LogP contribution in [0.1, 0.15) is 38.5 Å².